The molecule has 0 saturated heterocycles. The second-order valence-electron chi connectivity index (χ2n) is 8.91. The van der Waals surface area contributed by atoms with E-state index in [2.05, 4.69) is 15.6 Å². The van der Waals surface area contributed by atoms with Crippen LogP contribution in [0.1, 0.15) is 24.8 Å². The molecular weight excluding hydrogens is 462 g/mol. The summed E-state index contributed by atoms with van der Waals surface area (Å²) in [5.41, 5.74) is 7.43. The molecular formula is C26H25N5O5. The van der Waals surface area contributed by atoms with Gasteiger partial charge >= 0.3 is 6.09 Å². The van der Waals surface area contributed by atoms with E-state index in [0.717, 1.165) is 30.4 Å². The van der Waals surface area contributed by atoms with E-state index in [9.17, 15) is 19.5 Å². The number of nitrogens with one attached hydrogen (secondary N) is 2. The zero-order chi connectivity index (χ0) is 25.4. The van der Waals surface area contributed by atoms with E-state index in [1.165, 1.54) is 4.57 Å². The molecule has 1 aliphatic carbocycles. The summed E-state index contributed by atoms with van der Waals surface area (Å²) in [5, 5.41) is 15.0. The highest BCUT2D eigenvalue weighted by atomic mass is 16.4. The molecule has 2 aromatic heterocycles. The fraction of sp³-hybridized carbons (Fsp3) is 0.231. The van der Waals surface area contributed by atoms with Gasteiger partial charge in [-0.1, -0.05) is 54.6 Å². The molecule has 10 nitrogen and oxygen atoms in total. The number of furan rings is 1. The lowest BCUT2D eigenvalue weighted by Gasteiger charge is -2.42. The Kier molecular flexibility index (Phi) is 5.71. The average molecular weight is 488 g/mol. The van der Waals surface area contributed by atoms with Crippen LogP contribution in [0.3, 0.4) is 0 Å². The maximum absolute atomic E-state index is 13.4. The number of anilines is 1. The number of nitrogens with zero attached hydrogens (tertiary/aromatic N) is 2. The number of hydrogen-bond donors (Lipinski definition) is 4. The van der Waals surface area contributed by atoms with E-state index >= 15 is 0 Å². The van der Waals surface area contributed by atoms with Gasteiger partial charge in [0.25, 0.3) is 5.56 Å². The third-order valence-electron chi connectivity index (χ3n) is 6.67. The van der Waals surface area contributed by atoms with Crippen LogP contribution >= 0.6 is 0 Å². The van der Waals surface area contributed by atoms with E-state index in [0.29, 0.717) is 22.3 Å². The number of benzene rings is 2. The molecule has 10 heteroatoms. The van der Waals surface area contributed by atoms with Gasteiger partial charge in [-0.05, 0) is 30.4 Å². The lowest BCUT2D eigenvalue weighted by Crippen LogP contribution is -2.50. The Labute approximate surface area is 205 Å². The van der Waals surface area contributed by atoms with Crippen molar-refractivity contribution in [1.29, 1.82) is 0 Å². The summed E-state index contributed by atoms with van der Waals surface area (Å²) in [5.74, 6) is 0.0395. The predicted octanol–water partition coefficient (Wildman–Crippen LogP) is 3.40. The maximum Gasteiger partial charge on any atom is 0.405 e. The van der Waals surface area contributed by atoms with Crippen molar-refractivity contribution >= 4 is 29.0 Å². The molecule has 0 bridgehead atoms. The van der Waals surface area contributed by atoms with Crippen molar-refractivity contribution in [2.24, 2.45) is 12.8 Å². The Bertz CT molecular complexity index is 1520. The molecule has 1 saturated carbocycles. The first-order valence-corrected chi connectivity index (χ1v) is 11.5. The summed E-state index contributed by atoms with van der Waals surface area (Å²) in [7, 11) is 1.56. The molecule has 2 heterocycles. The molecule has 1 fully saturated rings. The highest BCUT2D eigenvalue weighted by molar-refractivity contribution is 6.00. The van der Waals surface area contributed by atoms with Gasteiger partial charge in [0.15, 0.2) is 0 Å². The number of primary amides is 1. The summed E-state index contributed by atoms with van der Waals surface area (Å²) in [6, 6.07) is 16.9. The van der Waals surface area contributed by atoms with Crippen LogP contribution in [-0.2, 0) is 17.4 Å². The molecule has 5 N–H and O–H groups in total. The number of hydrogen-bond acceptors (Lipinski definition) is 6. The summed E-state index contributed by atoms with van der Waals surface area (Å²) >= 11 is 0. The summed E-state index contributed by atoms with van der Waals surface area (Å²) in [4.78, 5) is 40.4. The number of carboxylic acid groups (broad SMARTS) is 1. The van der Waals surface area contributed by atoms with Gasteiger partial charge < -0.3 is 25.9 Å². The first kappa shape index (κ1) is 23.2. The molecule has 0 radical (unpaired) electrons. The number of carbonyl (C=O) groups is 2. The molecule has 0 atom stereocenters. The van der Waals surface area contributed by atoms with Crippen LogP contribution in [0.2, 0.25) is 0 Å². The topological polar surface area (TPSA) is 152 Å². The third-order valence-corrected chi connectivity index (χ3v) is 6.67. The number of carbonyl (C=O) groups excluding carboxylic acids is 1. The van der Waals surface area contributed by atoms with Crippen molar-refractivity contribution in [3.05, 3.63) is 70.5 Å². The zero-order valence-electron chi connectivity index (χ0n) is 19.6. The van der Waals surface area contributed by atoms with Gasteiger partial charge in [-0.2, -0.15) is 4.98 Å². The Morgan fingerprint density at radius 1 is 1.11 bits per heavy atom. The third kappa shape index (κ3) is 3.96. The van der Waals surface area contributed by atoms with Crippen molar-refractivity contribution in [1.82, 2.24) is 14.9 Å². The van der Waals surface area contributed by atoms with Gasteiger partial charge in [-0.3, -0.25) is 14.2 Å². The Balaban J connectivity index is 1.66. The zero-order valence-corrected chi connectivity index (χ0v) is 19.6. The minimum atomic E-state index is -1.05. The molecule has 2 aromatic carbocycles. The quantitative estimate of drug-likeness (QED) is 0.312. The van der Waals surface area contributed by atoms with Gasteiger partial charge in [0.05, 0.1) is 12.1 Å². The Hall–Kier alpha value is -4.60. The van der Waals surface area contributed by atoms with Crippen molar-refractivity contribution in [3.8, 4) is 22.5 Å². The van der Waals surface area contributed by atoms with Crippen LogP contribution in [0.5, 0.6) is 0 Å². The summed E-state index contributed by atoms with van der Waals surface area (Å²) in [6.45, 7) is -0.182. The van der Waals surface area contributed by atoms with E-state index in [1.807, 2.05) is 54.6 Å². The summed E-state index contributed by atoms with van der Waals surface area (Å²) in [6.07, 6.45) is 1.37. The Morgan fingerprint density at radius 3 is 2.39 bits per heavy atom. The van der Waals surface area contributed by atoms with Crippen LogP contribution in [-0.4, -0.2) is 33.2 Å². The first-order valence-electron chi connectivity index (χ1n) is 11.5. The van der Waals surface area contributed by atoms with Gasteiger partial charge in [-0.15, -0.1) is 0 Å². The molecule has 36 heavy (non-hydrogen) atoms. The van der Waals surface area contributed by atoms with Gasteiger partial charge in [0.1, 0.15) is 11.1 Å². The van der Waals surface area contributed by atoms with Crippen LogP contribution < -0.4 is 21.9 Å². The first-order chi connectivity index (χ1) is 17.3. The fourth-order valence-corrected chi connectivity index (χ4v) is 4.70. The van der Waals surface area contributed by atoms with E-state index in [1.54, 1.807) is 7.05 Å². The van der Waals surface area contributed by atoms with Gasteiger partial charge in [0, 0.05) is 18.2 Å². The van der Waals surface area contributed by atoms with Crippen molar-refractivity contribution in [2.75, 3.05) is 11.9 Å². The fourth-order valence-electron chi connectivity index (χ4n) is 4.70. The van der Waals surface area contributed by atoms with E-state index in [4.69, 9.17) is 10.2 Å². The lowest BCUT2D eigenvalue weighted by molar-refractivity contribution is -0.116. The minimum absolute atomic E-state index is 0.131. The normalized spacial score (nSPS) is 14.2. The van der Waals surface area contributed by atoms with E-state index in [-0.39, 0.29) is 23.8 Å². The standard InChI is InChI=1S/C26H25N5O5/c1-31-23(33)20-19(15-6-3-2-4-7-15)21(36-22(20)29-24(31)28-14-18(27)32)16-8-10-17(11-9-16)26(12-5-13-26)30-25(34)35/h2-4,6-11,30H,5,12-14H2,1H3,(H2,27,32)(H,28,29)(H,34,35). The Morgan fingerprint density at radius 2 is 1.81 bits per heavy atom. The lowest BCUT2D eigenvalue weighted by atomic mass is 9.72. The molecule has 184 valence electrons. The highest BCUT2D eigenvalue weighted by Crippen LogP contribution is 2.43. The van der Waals surface area contributed by atoms with Crippen molar-refractivity contribution < 1.29 is 19.1 Å². The van der Waals surface area contributed by atoms with Crippen LogP contribution in [0, 0.1) is 0 Å². The minimum Gasteiger partial charge on any atom is -0.465 e. The number of rotatable bonds is 7. The van der Waals surface area contributed by atoms with Gasteiger partial charge in [-0.25, -0.2) is 4.79 Å². The number of amides is 2. The molecule has 4 aromatic rings. The number of nitrogens with two attached hydrogens (primary N) is 1. The number of aromatic nitrogens is 2. The highest BCUT2D eigenvalue weighted by Gasteiger charge is 2.40. The van der Waals surface area contributed by atoms with Gasteiger partial charge in [0.2, 0.25) is 17.6 Å². The monoisotopic (exact) mass is 487 g/mol. The van der Waals surface area contributed by atoms with Crippen LogP contribution in [0.25, 0.3) is 33.6 Å². The SMILES string of the molecule is Cn1c(NCC(N)=O)nc2oc(-c3ccc(C4(NC(=O)O)CCC4)cc3)c(-c3ccccc3)c2c1=O. The smallest absolute Gasteiger partial charge is 0.405 e. The number of fused-ring (bicyclic) bond motifs is 1. The molecule has 5 rings (SSSR count). The average Bonchev–Trinajstić information content (AvgIpc) is 3.23. The molecule has 0 aliphatic heterocycles. The second-order valence-corrected chi connectivity index (χ2v) is 8.91. The molecule has 2 amide bonds. The molecule has 0 unspecified atom stereocenters. The summed E-state index contributed by atoms with van der Waals surface area (Å²) < 4.78 is 7.48. The second kappa shape index (κ2) is 8.88. The molecule has 1 aliphatic rings. The predicted molar refractivity (Wildman–Crippen MR) is 134 cm³/mol. The van der Waals surface area contributed by atoms with Crippen LogP contribution in [0.4, 0.5) is 10.7 Å². The van der Waals surface area contributed by atoms with Crippen molar-refractivity contribution in [2.45, 2.75) is 24.8 Å². The largest absolute Gasteiger partial charge is 0.465 e. The van der Waals surface area contributed by atoms with E-state index < -0.39 is 17.5 Å². The maximum atomic E-state index is 13.4. The van der Waals surface area contributed by atoms with Crippen LogP contribution in [0.15, 0.2) is 63.8 Å². The van der Waals surface area contributed by atoms with Crippen molar-refractivity contribution in [3.63, 3.8) is 0 Å². The molecule has 0 spiro atoms.